The van der Waals surface area contributed by atoms with Crippen LogP contribution in [0.1, 0.15) is 27.8 Å². The first kappa shape index (κ1) is 31.9. The Bertz CT molecular complexity index is 2180. The third kappa shape index (κ3) is 4.61. The highest BCUT2D eigenvalue weighted by Gasteiger charge is 2.46. The molecule has 0 bridgehead atoms. The lowest BCUT2D eigenvalue weighted by molar-refractivity contribution is 0.366. The molecule has 49 heavy (non-hydrogen) atoms. The molecule has 0 spiro atoms. The van der Waals surface area contributed by atoms with E-state index in [9.17, 15) is 17.6 Å². The topological polar surface area (TPSA) is 18.5 Å². The second kappa shape index (κ2) is 11.8. The van der Waals surface area contributed by atoms with E-state index in [0.29, 0.717) is 18.2 Å². The molecule has 10 heteroatoms. The van der Waals surface area contributed by atoms with Crippen LogP contribution in [0.5, 0.6) is 17.2 Å². The summed E-state index contributed by atoms with van der Waals surface area (Å²) in [6.45, 7) is 0.680. The van der Waals surface area contributed by atoms with E-state index in [-0.39, 0.29) is 5.75 Å². The smallest absolute Gasteiger partial charge is 0.205 e. The zero-order valence-corrected chi connectivity index (χ0v) is 25.6. The van der Waals surface area contributed by atoms with E-state index >= 15 is 17.6 Å². The van der Waals surface area contributed by atoms with Gasteiger partial charge in [0.15, 0.2) is 34.9 Å². The molecule has 1 aliphatic carbocycles. The predicted octanol–water partition coefficient (Wildman–Crippen LogP) is 10.9. The Morgan fingerprint density at radius 1 is 0.449 bits per heavy atom. The van der Waals surface area contributed by atoms with Crippen LogP contribution in [0, 0.1) is 53.5 Å². The van der Waals surface area contributed by atoms with Crippen LogP contribution < -0.4 is 9.47 Å². The average Bonchev–Trinajstić information content (AvgIpc) is 3.43. The van der Waals surface area contributed by atoms with Crippen LogP contribution >= 0.6 is 0 Å². The Hall–Kier alpha value is -5.64. The predicted molar refractivity (Wildman–Crippen MR) is 167 cm³/mol. The summed E-state index contributed by atoms with van der Waals surface area (Å²) in [7, 11) is 1.55. The van der Waals surface area contributed by atoms with E-state index in [4.69, 9.17) is 9.47 Å². The fourth-order valence-electron chi connectivity index (χ4n) is 6.64. The summed E-state index contributed by atoms with van der Waals surface area (Å²) in [6.07, 6.45) is 0. The molecule has 0 fully saturated rings. The standard InChI is InChI=1S/C39H22F8O2/c1-19-30(40)32(42)28(33(43)31(19)41)29-34(44)36(46)38(37(47)35(29)45)49-23-17-13-21(14-18-23)39(20-11-15-22(48-2)16-12-20)26-9-5-3-7-24(26)25-8-4-6-10-27(25)39/h3-18H,1-2H3. The maximum Gasteiger partial charge on any atom is 0.205 e. The molecule has 7 rings (SSSR count). The fourth-order valence-corrected chi connectivity index (χ4v) is 6.64. The number of fused-ring (bicyclic) bond motifs is 3. The van der Waals surface area contributed by atoms with Gasteiger partial charge in [-0.05, 0) is 64.6 Å². The Labute approximate surface area is 274 Å². The van der Waals surface area contributed by atoms with Crippen LogP contribution in [0.4, 0.5) is 35.1 Å². The van der Waals surface area contributed by atoms with Crippen molar-refractivity contribution in [1.82, 2.24) is 0 Å². The Balaban J connectivity index is 1.34. The molecule has 0 heterocycles. The van der Waals surface area contributed by atoms with Crippen molar-refractivity contribution < 1.29 is 44.6 Å². The van der Waals surface area contributed by atoms with Crippen molar-refractivity contribution >= 4 is 0 Å². The quantitative estimate of drug-likeness (QED) is 0.129. The molecule has 0 aliphatic heterocycles. The second-order valence-corrected chi connectivity index (χ2v) is 11.4. The van der Waals surface area contributed by atoms with Crippen LogP contribution in [0.2, 0.25) is 0 Å². The van der Waals surface area contributed by atoms with Crippen LogP contribution in [-0.4, -0.2) is 7.11 Å². The molecule has 6 aromatic carbocycles. The highest BCUT2D eigenvalue weighted by atomic mass is 19.2. The van der Waals surface area contributed by atoms with Crippen molar-refractivity contribution in [2.45, 2.75) is 12.3 Å². The molecule has 0 amide bonds. The Morgan fingerprint density at radius 2 is 0.837 bits per heavy atom. The molecule has 6 aromatic rings. The summed E-state index contributed by atoms with van der Waals surface area (Å²) in [5.41, 5.74) is -0.425. The van der Waals surface area contributed by atoms with Crippen molar-refractivity contribution in [3.8, 4) is 39.5 Å². The molecule has 246 valence electrons. The number of benzene rings is 6. The zero-order valence-electron chi connectivity index (χ0n) is 25.6. The first-order valence-corrected chi connectivity index (χ1v) is 14.8. The van der Waals surface area contributed by atoms with E-state index < -0.39 is 74.4 Å². The van der Waals surface area contributed by atoms with Gasteiger partial charge in [-0.15, -0.1) is 0 Å². The third-order valence-corrected chi connectivity index (χ3v) is 8.94. The summed E-state index contributed by atoms with van der Waals surface area (Å²) < 4.78 is 129. The SMILES string of the molecule is COc1ccc(C2(c3ccc(Oc4c(F)c(F)c(-c5c(F)c(F)c(C)c(F)c5F)c(F)c4F)cc3)c3ccccc3-c3ccccc32)cc1. The minimum Gasteiger partial charge on any atom is -0.497 e. The van der Waals surface area contributed by atoms with E-state index in [1.165, 1.54) is 12.1 Å². The average molecular weight is 675 g/mol. The largest absolute Gasteiger partial charge is 0.497 e. The summed E-state index contributed by atoms with van der Waals surface area (Å²) >= 11 is 0. The third-order valence-electron chi connectivity index (χ3n) is 8.94. The molecule has 2 nitrogen and oxygen atoms in total. The molecular weight excluding hydrogens is 652 g/mol. The number of rotatable bonds is 6. The maximum atomic E-state index is 15.3. The molecule has 0 N–H and O–H groups in total. The van der Waals surface area contributed by atoms with Crippen molar-refractivity contribution in [1.29, 1.82) is 0 Å². The van der Waals surface area contributed by atoms with E-state index in [1.54, 1.807) is 19.2 Å². The monoisotopic (exact) mass is 674 g/mol. The van der Waals surface area contributed by atoms with Gasteiger partial charge in [0.05, 0.1) is 23.7 Å². The maximum absolute atomic E-state index is 15.3. The minimum atomic E-state index is -2.32. The van der Waals surface area contributed by atoms with Gasteiger partial charge in [0.2, 0.25) is 17.4 Å². The van der Waals surface area contributed by atoms with Crippen LogP contribution in [0.3, 0.4) is 0 Å². The van der Waals surface area contributed by atoms with Crippen molar-refractivity contribution in [2.75, 3.05) is 7.11 Å². The van der Waals surface area contributed by atoms with Gasteiger partial charge in [0.25, 0.3) is 0 Å². The van der Waals surface area contributed by atoms with Gasteiger partial charge >= 0.3 is 0 Å². The summed E-state index contributed by atoms with van der Waals surface area (Å²) in [6, 6.07) is 29.2. The Morgan fingerprint density at radius 3 is 1.27 bits per heavy atom. The number of methoxy groups -OCH3 is 1. The zero-order chi connectivity index (χ0) is 34.8. The fraction of sp³-hybridized carbons (Fsp3) is 0.0769. The molecule has 0 unspecified atom stereocenters. The lowest BCUT2D eigenvalue weighted by Gasteiger charge is -2.34. The molecular formula is C39H22F8O2. The number of ether oxygens (including phenoxy) is 2. The van der Waals surface area contributed by atoms with E-state index in [0.717, 1.165) is 27.8 Å². The lowest BCUT2D eigenvalue weighted by Crippen LogP contribution is -2.28. The van der Waals surface area contributed by atoms with Crippen LogP contribution in [0.25, 0.3) is 22.3 Å². The molecule has 0 aromatic heterocycles. The van der Waals surface area contributed by atoms with Gasteiger partial charge in [-0.3, -0.25) is 0 Å². The van der Waals surface area contributed by atoms with Gasteiger partial charge in [-0.1, -0.05) is 72.8 Å². The highest BCUT2D eigenvalue weighted by Crippen LogP contribution is 2.56. The number of hydrogen-bond acceptors (Lipinski definition) is 2. The van der Waals surface area contributed by atoms with Crippen molar-refractivity contribution in [2.24, 2.45) is 0 Å². The lowest BCUT2D eigenvalue weighted by atomic mass is 9.68. The Kier molecular flexibility index (Phi) is 7.69. The molecule has 1 aliphatic rings. The van der Waals surface area contributed by atoms with Crippen LogP contribution in [0.15, 0.2) is 97.1 Å². The first-order valence-electron chi connectivity index (χ1n) is 14.8. The van der Waals surface area contributed by atoms with E-state index in [2.05, 4.69) is 0 Å². The number of halogens is 8. The highest BCUT2D eigenvalue weighted by molar-refractivity contribution is 5.86. The van der Waals surface area contributed by atoms with Gasteiger partial charge < -0.3 is 9.47 Å². The minimum absolute atomic E-state index is 0.248. The second-order valence-electron chi connectivity index (χ2n) is 11.4. The summed E-state index contributed by atoms with van der Waals surface area (Å²) in [5.74, 6) is -18.6. The van der Waals surface area contributed by atoms with Gasteiger partial charge in [-0.25, -0.2) is 26.3 Å². The van der Waals surface area contributed by atoms with Gasteiger partial charge in [0.1, 0.15) is 11.5 Å². The molecule has 0 saturated heterocycles. The summed E-state index contributed by atoms with van der Waals surface area (Å²) in [5, 5.41) is 0. The van der Waals surface area contributed by atoms with Gasteiger partial charge in [0, 0.05) is 5.56 Å². The first-order chi connectivity index (χ1) is 23.5. The number of hydrogen-bond donors (Lipinski definition) is 0. The van der Waals surface area contributed by atoms with E-state index in [1.807, 2.05) is 72.8 Å². The van der Waals surface area contributed by atoms with Crippen molar-refractivity contribution in [3.05, 3.63) is 171 Å². The van der Waals surface area contributed by atoms with Crippen LogP contribution in [-0.2, 0) is 5.41 Å². The molecule has 0 radical (unpaired) electrons. The van der Waals surface area contributed by atoms with Crippen molar-refractivity contribution in [3.63, 3.8) is 0 Å². The summed E-state index contributed by atoms with van der Waals surface area (Å²) in [4.78, 5) is 0. The van der Waals surface area contributed by atoms with Gasteiger partial charge in [-0.2, -0.15) is 8.78 Å². The molecule has 0 saturated carbocycles. The normalized spacial score (nSPS) is 12.9. The molecule has 0 atom stereocenters.